The molecule has 2 unspecified atom stereocenters. The number of aromatic nitrogens is 4. The normalized spacial score (nSPS) is 31.8. The zero-order valence-corrected chi connectivity index (χ0v) is 10.5. The van der Waals surface area contributed by atoms with Crippen molar-refractivity contribution in [1.82, 2.24) is 25.5 Å². The lowest BCUT2D eigenvalue weighted by Crippen LogP contribution is -2.49. The Morgan fingerprint density at radius 1 is 1.35 bits per heavy atom. The van der Waals surface area contributed by atoms with Crippen molar-refractivity contribution in [2.75, 3.05) is 11.4 Å². The summed E-state index contributed by atoms with van der Waals surface area (Å²) < 4.78 is 1.77. The number of nitrogens with one attached hydrogen (secondary N) is 1. The fraction of sp³-hybridized carbons (Fsp3) is 0.909. The Morgan fingerprint density at radius 3 is 2.59 bits per heavy atom. The molecule has 6 heteroatoms. The molecular formula is C11H20N6. The van der Waals surface area contributed by atoms with E-state index < -0.39 is 0 Å². The molecule has 0 radical (unpaired) electrons. The Hall–Kier alpha value is -1.17. The van der Waals surface area contributed by atoms with Crippen LogP contribution in [0.15, 0.2) is 0 Å². The molecule has 3 rings (SSSR count). The van der Waals surface area contributed by atoms with Crippen LogP contribution in [0.1, 0.15) is 32.6 Å². The summed E-state index contributed by atoms with van der Waals surface area (Å²) in [5.41, 5.74) is 0. The van der Waals surface area contributed by atoms with Crippen LogP contribution in [0.3, 0.4) is 0 Å². The van der Waals surface area contributed by atoms with Gasteiger partial charge in [-0.05, 0) is 43.0 Å². The maximum absolute atomic E-state index is 4.14. The summed E-state index contributed by atoms with van der Waals surface area (Å²) in [7, 11) is 1.91. The lowest BCUT2D eigenvalue weighted by atomic mass is 9.98. The maximum Gasteiger partial charge on any atom is 0.245 e. The second-order valence-corrected chi connectivity index (χ2v) is 5.15. The van der Waals surface area contributed by atoms with Crippen LogP contribution >= 0.6 is 0 Å². The van der Waals surface area contributed by atoms with Gasteiger partial charge in [0.15, 0.2) is 0 Å². The molecule has 6 nitrogen and oxygen atoms in total. The molecule has 94 valence electrons. The highest BCUT2D eigenvalue weighted by Crippen LogP contribution is 2.31. The van der Waals surface area contributed by atoms with Gasteiger partial charge >= 0.3 is 0 Å². The Labute approximate surface area is 101 Å². The number of anilines is 1. The van der Waals surface area contributed by atoms with Gasteiger partial charge in [0.25, 0.3) is 0 Å². The van der Waals surface area contributed by atoms with Gasteiger partial charge in [0.1, 0.15) is 0 Å². The van der Waals surface area contributed by atoms with Gasteiger partial charge in [0, 0.05) is 31.7 Å². The zero-order valence-electron chi connectivity index (χ0n) is 10.5. The number of rotatable bonds is 3. The minimum atomic E-state index is 0.587. The highest BCUT2D eigenvalue weighted by Gasteiger charge is 2.36. The monoisotopic (exact) mass is 236 g/mol. The third-order valence-corrected chi connectivity index (χ3v) is 4.08. The van der Waals surface area contributed by atoms with Crippen LogP contribution in [0.25, 0.3) is 0 Å². The van der Waals surface area contributed by atoms with Crippen molar-refractivity contribution >= 4 is 5.95 Å². The summed E-state index contributed by atoms with van der Waals surface area (Å²) >= 11 is 0. The van der Waals surface area contributed by atoms with Gasteiger partial charge in [-0.1, -0.05) is 5.10 Å². The molecule has 0 saturated carbocycles. The smallest absolute Gasteiger partial charge is 0.245 e. The number of fused-ring (bicyclic) bond motifs is 2. The van der Waals surface area contributed by atoms with E-state index in [1.165, 1.54) is 25.7 Å². The second kappa shape index (κ2) is 4.25. The average molecular weight is 236 g/mol. The van der Waals surface area contributed by atoms with Crippen molar-refractivity contribution in [2.24, 2.45) is 7.05 Å². The van der Waals surface area contributed by atoms with Crippen LogP contribution in [-0.2, 0) is 7.05 Å². The van der Waals surface area contributed by atoms with Gasteiger partial charge in [-0.25, -0.2) is 4.68 Å². The van der Waals surface area contributed by atoms with E-state index in [0.717, 1.165) is 12.5 Å². The molecule has 2 bridgehead atoms. The van der Waals surface area contributed by atoms with Gasteiger partial charge in [-0.2, -0.15) is 0 Å². The van der Waals surface area contributed by atoms with E-state index in [0.29, 0.717) is 18.1 Å². The van der Waals surface area contributed by atoms with Crippen LogP contribution in [0, 0.1) is 0 Å². The lowest BCUT2D eigenvalue weighted by Gasteiger charge is -2.37. The maximum atomic E-state index is 4.14. The molecule has 3 heterocycles. The molecule has 2 fully saturated rings. The van der Waals surface area contributed by atoms with Gasteiger partial charge in [-0.15, -0.1) is 0 Å². The van der Waals surface area contributed by atoms with Gasteiger partial charge in [0.2, 0.25) is 5.95 Å². The van der Waals surface area contributed by atoms with E-state index in [9.17, 15) is 0 Å². The molecule has 2 aliphatic heterocycles. The third-order valence-electron chi connectivity index (χ3n) is 4.08. The first-order valence-corrected chi connectivity index (χ1v) is 6.53. The van der Waals surface area contributed by atoms with E-state index in [-0.39, 0.29) is 0 Å². The zero-order chi connectivity index (χ0) is 11.8. The van der Waals surface area contributed by atoms with Crippen LogP contribution in [0.5, 0.6) is 0 Å². The van der Waals surface area contributed by atoms with Gasteiger partial charge in [-0.3, -0.25) is 0 Å². The Morgan fingerprint density at radius 2 is 2.06 bits per heavy atom. The molecule has 1 aromatic heterocycles. The van der Waals surface area contributed by atoms with Crippen LogP contribution < -0.4 is 10.2 Å². The van der Waals surface area contributed by atoms with Crippen molar-refractivity contribution in [3.63, 3.8) is 0 Å². The first-order chi connectivity index (χ1) is 8.28. The average Bonchev–Trinajstić information content (AvgIpc) is 2.88. The van der Waals surface area contributed by atoms with E-state index in [2.05, 4.69) is 32.7 Å². The van der Waals surface area contributed by atoms with Gasteiger partial charge < -0.3 is 10.2 Å². The Bertz CT molecular complexity index is 377. The Kier molecular flexibility index (Phi) is 2.74. The summed E-state index contributed by atoms with van der Waals surface area (Å²) in [6.07, 6.45) is 5.10. The first kappa shape index (κ1) is 11.0. The molecule has 1 aromatic rings. The number of aryl methyl sites for hydroxylation is 1. The van der Waals surface area contributed by atoms with E-state index in [1.807, 2.05) is 7.05 Å². The summed E-state index contributed by atoms with van der Waals surface area (Å²) in [6, 6.07) is 1.99. The summed E-state index contributed by atoms with van der Waals surface area (Å²) in [6.45, 7) is 3.15. The number of hydrogen-bond donors (Lipinski definition) is 1. The van der Waals surface area contributed by atoms with Crippen molar-refractivity contribution in [2.45, 2.75) is 50.7 Å². The number of tetrazole rings is 1. The number of nitrogens with zero attached hydrogens (tertiary/aromatic N) is 5. The predicted molar refractivity (Wildman–Crippen MR) is 64.8 cm³/mol. The molecule has 2 saturated heterocycles. The summed E-state index contributed by atoms with van der Waals surface area (Å²) in [4.78, 5) is 2.35. The minimum absolute atomic E-state index is 0.587. The van der Waals surface area contributed by atoms with Crippen LogP contribution in [0.2, 0.25) is 0 Å². The molecule has 0 amide bonds. The second-order valence-electron chi connectivity index (χ2n) is 5.15. The molecule has 17 heavy (non-hydrogen) atoms. The fourth-order valence-corrected chi connectivity index (χ4v) is 3.31. The number of piperidine rings is 1. The molecular weight excluding hydrogens is 216 g/mol. The third kappa shape index (κ3) is 1.90. The largest absolute Gasteiger partial charge is 0.337 e. The minimum Gasteiger partial charge on any atom is -0.337 e. The van der Waals surface area contributed by atoms with Crippen molar-refractivity contribution in [3.05, 3.63) is 0 Å². The van der Waals surface area contributed by atoms with E-state index >= 15 is 0 Å². The highest BCUT2D eigenvalue weighted by molar-refractivity contribution is 5.30. The molecule has 0 aromatic carbocycles. The quantitative estimate of drug-likeness (QED) is 0.819. The van der Waals surface area contributed by atoms with Crippen molar-refractivity contribution in [1.29, 1.82) is 0 Å². The molecule has 0 spiro atoms. The van der Waals surface area contributed by atoms with E-state index in [1.54, 1.807) is 4.68 Å². The first-order valence-electron chi connectivity index (χ1n) is 6.53. The number of hydrogen-bond acceptors (Lipinski definition) is 5. The summed E-state index contributed by atoms with van der Waals surface area (Å²) in [5, 5.41) is 15.5. The van der Waals surface area contributed by atoms with Crippen molar-refractivity contribution < 1.29 is 0 Å². The van der Waals surface area contributed by atoms with Crippen molar-refractivity contribution in [3.8, 4) is 0 Å². The molecule has 2 atom stereocenters. The fourth-order valence-electron chi connectivity index (χ4n) is 3.31. The highest BCUT2D eigenvalue weighted by atomic mass is 15.6. The van der Waals surface area contributed by atoms with Gasteiger partial charge in [0.05, 0.1) is 0 Å². The van der Waals surface area contributed by atoms with Crippen LogP contribution in [0.4, 0.5) is 5.95 Å². The molecule has 2 aliphatic rings. The molecule has 0 aliphatic carbocycles. The van der Waals surface area contributed by atoms with Crippen LogP contribution in [-0.4, -0.2) is 44.9 Å². The predicted octanol–water partition coefficient (Wildman–Crippen LogP) is 0.319. The lowest BCUT2D eigenvalue weighted by molar-refractivity contribution is 0.345. The Balaban J connectivity index is 1.79. The molecule has 1 N–H and O–H groups in total. The van der Waals surface area contributed by atoms with E-state index in [4.69, 9.17) is 0 Å². The summed E-state index contributed by atoms with van der Waals surface area (Å²) in [5.74, 6) is 0.902. The SMILES string of the molecule is CCN(c1nnnn1C)C1CC2CCC(C1)N2. The topological polar surface area (TPSA) is 58.9 Å². The standard InChI is InChI=1S/C11H20N6/c1-3-17(11-13-14-15-16(11)2)10-6-8-4-5-9(7-10)12-8/h8-10,12H,3-7H2,1-2H3.